The Morgan fingerprint density at radius 1 is 1.40 bits per heavy atom. The summed E-state index contributed by atoms with van der Waals surface area (Å²) in [5.41, 5.74) is 6.75. The molecule has 25 heavy (non-hydrogen) atoms. The van der Waals surface area contributed by atoms with Gasteiger partial charge in [-0.05, 0) is 12.8 Å². The first-order valence-corrected chi connectivity index (χ1v) is 8.47. The third-order valence-corrected chi connectivity index (χ3v) is 4.70. The van der Waals surface area contributed by atoms with Crippen molar-refractivity contribution in [3.05, 3.63) is 30.6 Å². The monoisotopic (exact) mass is 342 g/mol. The number of nitrogen functional groups attached to an aromatic ring is 1. The van der Waals surface area contributed by atoms with E-state index in [0.29, 0.717) is 24.1 Å². The summed E-state index contributed by atoms with van der Waals surface area (Å²) in [6.07, 6.45) is 7.66. The Balaban J connectivity index is 1.57. The molecule has 2 N–H and O–H groups in total. The van der Waals surface area contributed by atoms with E-state index in [4.69, 9.17) is 10.5 Å². The Bertz CT molecular complexity index is 857. The molecule has 4 heterocycles. The predicted octanol–water partition coefficient (Wildman–Crippen LogP) is 0.933. The summed E-state index contributed by atoms with van der Waals surface area (Å²) in [4.78, 5) is 11.4. The van der Waals surface area contributed by atoms with Gasteiger partial charge in [0.25, 0.3) is 0 Å². The minimum absolute atomic E-state index is 0.359. The lowest BCUT2D eigenvalue weighted by molar-refractivity contribution is 0.185. The Hall–Kier alpha value is -2.68. The van der Waals surface area contributed by atoms with Crippen LogP contribution in [0.1, 0.15) is 24.6 Å². The van der Waals surface area contributed by atoms with Gasteiger partial charge in [0.2, 0.25) is 5.95 Å². The Kier molecular flexibility index (Phi) is 4.22. The van der Waals surface area contributed by atoms with Gasteiger partial charge in [0.05, 0.1) is 6.61 Å². The smallest absolute Gasteiger partial charge is 0.209 e. The fourth-order valence-electron chi connectivity index (χ4n) is 3.46. The van der Waals surface area contributed by atoms with Crippen LogP contribution in [0.2, 0.25) is 0 Å². The van der Waals surface area contributed by atoms with Crippen LogP contribution in [-0.4, -0.2) is 55.9 Å². The van der Waals surface area contributed by atoms with Crippen molar-refractivity contribution < 1.29 is 4.74 Å². The van der Waals surface area contributed by atoms with Crippen molar-refractivity contribution in [1.29, 1.82) is 0 Å². The van der Waals surface area contributed by atoms with Gasteiger partial charge < -0.3 is 19.9 Å². The van der Waals surface area contributed by atoms with Crippen molar-refractivity contribution in [1.82, 2.24) is 29.1 Å². The summed E-state index contributed by atoms with van der Waals surface area (Å²) in [6.45, 7) is 3.31. The lowest BCUT2D eigenvalue weighted by atomic mass is 9.97. The molecule has 1 fully saturated rings. The molecule has 0 unspecified atom stereocenters. The van der Waals surface area contributed by atoms with E-state index in [2.05, 4.69) is 29.6 Å². The highest BCUT2D eigenvalue weighted by atomic mass is 16.5. The molecular formula is C16H22N8O. The Labute approximate surface area is 145 Å². The van der Waals surface area contributed by atoms with Crippen LogP contribution >= 0.6 is 0 Å². The molecular weight excluding hydrogens is 320 g/mol. The van der Waals surface area contributed by atoms with E-state index in [0.717, 1.165) is 44.1 Å². The molecule has 9 nitrogen and oxygen atoms in total. The molecule has 1 aliphatic heterocycles. The molecule has 132 valence electrons. The minimum Gasteiger partial charge on any atom is -0.383 e. The molecule has 1 saturated heterocycles. The third-order valence-electron chi connectivity index (χ3n) is 4.70. The number of methoxy groups -OCH3 is 1. The molecule has 0 radical (unpaired) electrons. The average molecular weight is 342 g/mol. The van der Waals surface area contributed by atoms with Gasteiger partial charge in [-0.15, -0.1) is 10.2 Å². The molecule has 0 amide bonds. The van der Waals surface area contributed by atoms with Crippen molar-refractivity contribution in [2.24, 2.45) is 0 Å². The van der Waals surface area contributed by atoms with E-state index in [-0.39, 0.29) is 0 Å². The molecule has 0 aromatic carbocycles. The van der Waals surface area contributed by atoms with Gasteiger partial charge in [-0.25, -0.2) is 4.98 Å². The highest BCUT2D eigenvalue weighted by Crippen LogP contribution is 2.29. The number of piperidine rings is 1. The van der Waals surface area contributed by atoms with Gasteiger partial charge in [-0.2, -0.15) is 4.98 Å². The van der Waals surface area contributed by atoms with Crippen molar-refractivity contribution in [3.63, 3.8) is 0 Å². The number of fused-ring (bicyclic) bond motifs is 1. The van der Waals surface area contributed by atoms with Crippen LogP contribution in [-0.2, 0) is 11.3 Å². The number of anilines is 2. The van der Waals surface area contributed by atoms with Gasteiger partial charge in [0, 0.05) is 51.1 Å². The summed E-state index contributed by atoms with van der Waals surface area (Å²) < 4.78 is 9.06. The first-order chi connectivity index (χ1) is 12.3. The molecule has 3 aromatic rings. The summed E-state index contributed by atoms with van der Waals surface area (Å²) >= 11 is 0. The van der Waals surface area contributed by atoms with E-state index in [1.54, 1.807) is 17.8 Å². The summed E-state index contributed by atoms with van der Waals surface area (Å²) in [7, 11) is 1.72. The van der Waals surface area contributed by atoms with Gasteiger partial charge in [0.1, 0.15) is 18.0 Å². The number of imidazole rings is 1. The van der Waals surface area contributed by atoms with Gasteiger partial charge in [-0.1, -0.05) is 0 Å². The second-order valence-electron chi connectivity index (χ2n) is 6.29. The number of hydrogen-bond donors (Lipinski definition) is 1. The first kappa shape index (κ1) is 15.8. The van der Waals surface area contributed by atoms with Gasteiger partial charge >= 0.3 is 0 Å². The van der Waals surface area contributed by atoms with Crippen molar-refractivity contribution >= 4 is 17.4 Å². The van der Waals surface area contributed by atoms with Crippen LogP contribution < -0.4 is 10.6 Å². The summed E-state index contributed by atoms with van der Waals surface area (Å²) in [5, 5.41) is 7.98. The maximum absolute atomic E-state index is 6.03. The number of ether oxygens (including phenoxy) is 1. The lowest BCUT2D eigenvalue weighted by Crippen LogP contribution is -2.36. The minimum atomic E-state index is 0.359. The predicted molar refractivity (Wildman–Crippen MR) is 93.5 cm³/mol. The second-order valence-corrected chi connectivity index (χ2v) is 6.29. The number of nitrogens with two attached hydrogens (primary N) is 1. The van der Waals surface area contributed by atoms with E-state index < -0.39 is 0 Å². The zero-order valence-corrected chi connectivity index (χ0v) is 14.2. The van der Waals surface area contributed by atoms with Crippen LogP contribution in [0.3, 0.4) is 0 Å². The van der Waals surface area contributed by atoms with E-state index >= 15 is 0 Å². The van der Waals surface area contributed by atoms with Crippen LogP contribution in [0.4, 0.5) is 11.8 Å². The van der Waals surface area contributed by atoms with E-state index in [1.165, 1.54) is 0 Å². The normalized spacial score (nSPS) is 18.1. The first-order valence-electron chi connectivity index (χ1n) is 8.47. The Morgan fingerprint density at radius 3 is 3.20 bits per heavy atom. The molecule has 1 atom stereocenters. The van der Waals surface area contributed by atoms with Crippen molar-refractivity contribution in [2.45, 2.75) is 25.3 Å². The molecule has 0 spiro atoms. The maximum atomic E-state index is 6.03. The molecule has 4 rings (SSSR count). The SMILES string of the molecule is COCCn1ccnc1[C@@H]1CCCN(c2cc3nncn3c(N)n2)C1. The third kappa shape index (κ3) is 3.02. The van der Waals surface area contributed by atoms with Crippen molar-refractivity contribution in [2.75, 3.05) is 37.4 Å². The van der Waals surface area contributed by atoms with Crippen LogP contribution in [0.15, 0.2) is 24.8 Å². The van der Waals surface area contributed by atoms with E-state index in [1.807, 2.05) is 18.5 Å². The molecule has 9 heteroatoms. The molecule has 1 aliphatic rings. The van der Waals surface area contributed by atoms with Gasteiger partial charge in [0.15, 0.2) is 5.65 Å². The zero-order chi connectivity index (χ0) is 17.2. The summed E-state index contributed by atoms with van der Waals surface area (Å²) in [6, 6.07) is 1.93. The zero-order valence-electron chi connectivity index (χ0n) is 14.2. The number of hydrogen-bond acceptors (Lipinski definition) is 7. The highest BCUT2D eigenvalue weighted by molar-refractivity contribution is 5.55. The van der Waals surface area contributed by atoms with Gasteiger partial charge in [-0.3, -0.25) is 4.40 Å². The quantitative estimate of drug-likeness (QED) is 0.736. The molecule has 3 aromatic heterocycles. The fraction of sp³-hybridized carbons (Fsp3) is 0.500. The fourth-order valence-corrected chi connectivity index (χ4v) is 3.46. The number of aromatic nitrogens is 6. The largest absolute Gasteiger partial charge is 0.383 e. The lowest BCUT2D eigenvalue weighted by Gasteiger charge is -2.33. The number of rotatable bonds is 5. The standard InChI is InChI=1S/C16H22N8O/c1-25-8-7-22-6-4-18-15(22)12-3-2-5-23(10-12)13-9-14-21-19-11-24(14)16(17)20-13/h4,6,9,11-12H,2-3,5,7-8,10H2,1H3,(H2,17,20)/t12-/m1/s1. The molecule has 0 saturated carbocycles. The average Bonchev–Trinajstić information content (AvgIpc) is 3.29. The maximum Gasteiger partial charge on any atom is 0.209 e. The van der Waals surface area contributed by atoms with Crippen LogP contribution in [0.5, 0.6) is 0 Å². The molecule has 0 bridgehead atoms. The highest BCUT2D eigenvalue weighted by Gasteiger charge is 2.26. The van der Waals surface area contributed by atoms with Crippen molar-refractivity contribution in [3.8, 4) is 0 Å². The summed E-state index contributed by atoms with van der Waals surface area (Å²) in [5.74, 6) is 2.72. The van der Waals surface area contributed by atoms with Crippen LogP contribution in [0.25, 0.3) is 5.65 Å². The second kappa shape index (κ2) is 6.67. The Morgan fingerprint density at radius 2 is 2.32 bits per heavy atom. The topological polar surface area (TPSA) is 99.4 Å². The van der Waals surface area contributed by atoms with E-state index in [9.17, 15) is 0 Å². The van der Waals surface area contributed by atoms with Crippen LogP contribution in [0, 0.1) is 0 Å². The number of nitrogens with zero attached hydrogens (tertiary/aromatic N) is 7. The molecule has 0 aliphatic carbocycles.